The van der Waals surface area contributed by atoms with Gasteiger partial charge >= 0.3 is 5.97 Å². The second-order valence-electron chi connectivity index (χ2n) is 7.81. The number of piperidine rings is 1. The standard InChI is InChI=1S/C22H24N6O5S/c1-23-19(30)13-6-5-9-27(10-13)22-26-18-17(34-22)20(31)28(12-24-18)11-16(29)25-15-8-4-3-7-14(15)21(32)33-2/h3-4,7-8,12-13H,5-6,9-11H2,1-2H3,(H,23,30)(H,25,29)/t13-/m0/s1. The van der Waals surface area contributed by atoms with Crippen molar-refractivity contribution in [2.24, 2.45) is 5.92 Å². The SMILES string of the molecule is CNC(=O)[C@H]1CCCN(c2nc3ncn(CC(=O)Nc4ccccc4C(=O)OC)c(=O)c3s2)C1. The number of nitrogens with zero attached hydrogens (tertiary/aromatic N) is 4. The molecule has 1 atom stereocenters. The van der Waals surface area contributed by atoms with E-state index in [0.29, 0.717) is 22.0 Å². The highest BCUT2D eigenvalue weighted by Gasteiger charge is 2.27. The van der Waals surface area contributed by atoms with Crippen LogP contribution in [-0.2, 0) is 20.9 Å². The third-order valence-corrected chi connectivity index (χ3v) is 6.70. The summed E-state index contributed by atoms with van der Waals surface area (Å²) in [4.78, 5) is 60.3. The summed E-state index contributed by atoms with van der Waals surface area (Å²) in [6.45, 7) is 0.978. The molecule has 1 saturated heterocycles. The Bertz CT molecular complexity index is 1300. The largest absolute Gasteiger partial charge is 0.465 e. The molecule has 178 valence electrons. The number of carbonyl (C=O) groups is 3. The molecule has 1 fully saturated rings. The van der Waals surface area contributed by atoms with Gasteiger partial charge in [-0.25, -0.2) is 9.78 Å². The van der Waals surface area contributed by atoms with Gasteiger partial charge in [-0.15, -0.1) is 0 Å². The Balaban J connectivity index is 1.52. The van der Waals surface area contributed by atoms with Crippen LogP contribution < -0.4 is 21.1 Å². The number of esters is 1. The quantitative estimate of drug-likeness (QED) is 0.499. The van der Waals surface area contributed by atoms with Crippen molar-refractivity contribution in [3.63, 3.8) is 0 Å². The molecule has 11 nitrogen and oxygen atoms in total. The zero-order valence-corrected chi connectivity index (χ0v) is 19.6. The van der Waals surface area contributed by atoms with E-state index < -0.39 is 11.9 Å². The van der Waals surface area contributed by atoms with Gasteiger partial charge in [0.1, 0.15) is 17.6 Å². The minimum Gasteiger partial charge on any atom is -0.465 e. The van der Waals surface area contributed by atoms with E-state index in [9.17, 15) is 19.2 Å². The molecule has 0 spiro atoms. The molecule has 1 aliphatic heterocycles. The van der Waals surface area contributed by atoms with Crippen LogP contribution in [0.2, 0.25) is 0 Å². The molecule has 0 bridgehead atoms. The first-order valence-corrected chi connectivity index (χ1v) is 11.5. The zero-order chi connectivity index (χ0) is 24.2. The number of fused-ring (bicyclic) bond motifs is 1. The van der Waals surface area contributed by atoms with Crippen molar-refractivity contribution in [1.29, 1.82) is 0 Å². The van der Waals surface area contributed by atoms with Gasteiger partial charge in [-0.3, -0.25) is 19.0 Å². The van der Waals surface area contributed by atoms with E-state index in [-0.39, 0.29) is 35.2 Å². The number of aromatic nitrogens is 3. The van der Waals surface area contributed by atoms with Crippen molar-refractivity contribution in [3.05, 3.63) is 46.5 Å². The number of amides is 2. The molecular formula is C22H24N6O5S. The molecule has 0 radical (unpaired) electrons. The Morgan fingerprint density at radius 2 is 2.06 bits per heavy atom. The van der Waals surface area contributed by atoms with Crippen LogP contribution in [0, 0.1) is 5.92 Å². The first-order valence-electron chi connectivity index (χ1n) is 10.7. The second kappa shape index (κ2) is 10.00. The number of ether oxygens (including phenoxy) is 1. The van der Waals surface area contributed by atoms with Crippen LogP contribution in [-0.4, -0.2) is 59.6 Å². The van der Waals surface area contributed by atoms with Gasteiger partial charge < -0.3 is 20.3 Å². The monoisotopic (exact) mass is 484 g/mol. The Morgan fingerprint density at radius 3 is 2.82 bits per heavy atom. The second-order valence-corrected chi connectivity index (χ2v) is 8.79. The van der Waals surface area contributed by atoms with E-state index in [1.807, 2.05) is 4.90 Å². The number of carbonyl (C=O) groups excluding carboxylic acids is 3. The van der Waals surface area contributed by atoms with Crippen molar-refractivity contribution in [1.82, 2.24) is 19.9 Å². The third kappa shape index (κ3) is 4.76. The molecule has 0 unspecified atom stereocenters. The van der Waals surface area contributed by atoms with Gasteiger partial charge in [0.15, 0.2) is 10.8 Å². The molecule has 12 heteroatoms. The van der Waals surface area contributed by atoms with E-state index in [2.05, 4.69) is 20.6 Å². The topological polar surface area (TPSA) is 136 Å². The molecule has 2 N–H and O–H groups in total. The number of benzene rings is 1. The predicted molar refractivity (Wildman–Crippen MR) is 127 cm³/mol. The lowest BCUT2D eigenvalue weighted by Crippen LogP contribution is -2.42. The van der Waals surface area contributed by atoms with Crippen molar-refractivity contribution in [3.8, 4) is 0 Å². The summed E-state index contributed by atoms with van der Waals surface area (Å²) in [5.74, 6) is -1.21. The van der Waals surface area contributed by atoms with Gasteiger partial charge in [-0.05, 0) is 25.0 Å². The minimum absolute atomic E-state index is 0.00826. The van der Waals surface area contributed by atoms with Crippen molar-refractivity contribution in [2.45, 2.75) is 19.4 Å². The number of hydrogen-bond donors (Lipinski definition) is 2. The Morgan fingerprint density at radius 1 is 1.26 bits per heavy atom. The number of thiazole rings is 1. The fourth-order valence-corrected chi connectivity index (χ4v) is 4.88. The lowest BCUT2D eigenvalue weighted by Gasteiger charge is -2.31. The summed E-state index contributed by atoms with van der Waals surface area (Å²) < 4.78 is 6.27. The fourth-order valence-electron chi connectivity index (χ4n) is 3.88. The van der Waals surface area contributed by atoms with Crippen LogP contribution in [0.25, 0.3) is 10.3 Å². The molecule has 2 amide bonds. The van der Waals surface area contributed by atoms with Gasteiger partial charge in [-0.1, -0.05) is 23.5 Å². The van der Waals surface area contributed by atoms with E-state index >= 15 is 0 Å². The number of nitrogens with one attached hydrogen (secondary N) is 2. The maximum absolute atomic E-state index is 13.0. The summed E-state index contributed by atoms with van der Waals surface area (Å²) in [7, 11) is 2.88. The fraction of sp³-hybridized carbons (Fsp3) is 0.364. The smallest absolute Gasteiger partial charge is 0.339 e. The minimum atomic E-state index is -0.579. The van der Waals surface area contributed by atoms with Gasteiger partial charge in [-0.2, -0.15) is 4.98 Å². The molecule has 34 heavy (non-hydrogen) atoms. The van der Waals surface area contributed by atoms with Gasteiger partial charge in [0.2, 0.25) is 11.8 Å². The molecular weight excluding hydrogens is 460 g/mol. The number of rotatable bonds is 6. The number of hydrogen-bond acceptors (Lipinski definition) is 9. The number of anilines is 2. The van der Waals surface area contributed by atoms with E-state index in [1.165, 1.54) is 35.4 Å². The first-order chi connectivity index (χ1) is 16.4. The molecule has 1 aliphatic rings. The molecule has 2 aromatic heterocycles. The van der Waals surface area contributed by atoms with Crippen molar-refractivity contribution < 1.29 is 19.1 Å². The number of methoxy groups -OCH3 is 1. The van der Waals surface area contributed by atoms with Crippen LogP contribution in [0.5, 0.6) is 0 Å². The van der Waals surface area contributed by atoms with Gasteiger partial charge in [0.25, 0.3) is 5.56 Å². The molecule has 0 saturated carbocycles. The lowest BCUT2D eigenvalue weighted by molar-refractivity contribution is -0.124. The van der Waals surface area contributed by atoms with Crippen LogP contribution in [0.4, 0.5) is 10.8 Å². The van der Waals surface area contributed by atoms with Crippen molar-refractivity contribution >= 4 is 50.3 Å². The maximum atomic E-state index is 13.0. The summed E-state index contributed by atoms with van der Waals surface area (Å²) >= 11 is 1.20. The highest BCUT2D eigenvalue weighted by atomic mass is 32.1. The highest BCUT2D eigenvalue weighted by Crippen LogP contribution is 2.29. The van der Waals surface area contributed by atoms with E-state index in [4.69, 9.17) is 4.74 Å². The summed E-state index contributed by atoms with van der Waals surface area (Å²) in [6.07, 6.45) is 2.93. The van der Waals surface area contributed by atoms with E-state index in [0.717, 1.165) is 19.4 Å². The summed E-state index contributed by atoms with van der Waals surface area (Å²) in [5, 5.41) is 5.96. The predicted octanol–water partition coefficient (Wildman–Crippen LogP) is 1.24. The van der Waals surface area contributed by atoms with Crippen LogP contribution in [0.15, 0.2) is 35.4 Å². The summed E-state index contributed by atoms with van der Waals surface area (Å²) in [6, 6.07) is 6.45. The third-order valence-electron chi connectivity index (χ3n) is 5.60. The average molecular weight is 485 g/mol. The maximum Gasteiger partial charge on any atom is 0.339 e. The van der Waals surface area contributed by atoms with Gasteiger partial charge in [0.05, 0.1) is 24.3 Å². The normalized spacial score (nSPS) is 15.7. The van der Waals surface area contributed by atoms with Gasteiger partial charge in [0, 0.05) is 20.1 Å². The van der Waals surface area contributed by atoms with E-state index in [1.54, 1.807) is 25.2 Å². The van der Waals surface area contributed by atoms with Crippen LogP contribution in [0.3, 0.4) is 0 Å². The average Bonchev–Trinajstić information content (AvgIpc) is 3.30. The molecule has 0 aliphatic carbocycles. The first kappa shape index (κ1) is 23.4. The summed E-state index contributed by atoms with van der Waals surface area (Å²) in [5.41, 5.74) is 0.421. The van der Waals surface area contributed by atoms with Crippen LogP contribution >= 0.6 is 11.3 Å². The van der Waals surface area contributed by atoms with Crippen LogP contribution in [0.1, 0.15) is 23.2 Å². The Kier molecular flexibility index (Phi) is 6.87. The lowest BCUT2D eigenvalue weighted by atomic mass is 9.98. The Labute approximate surface area is 198 Å². The molecule has 4 rings (SSSR count). The van der Waals surface area contributed by atoms with Crippen molar-refractivity contribution in [2.75, 3.05) is 37.5 Å². The highest BCUT2D eigenvalue weighted by molar-refractivity contribution is 7.22. The molecule has 3 aromatic rings. The number of para-hydroxylation sites is 1. The molecule has 1 aromatic carbocycles. The molecule has 3 heterocycles. The Hall–Kier alpha value is -3.80. The zero-order valence-electron chi connectivity index (χ0n) is 18.7.